The van der Waals surface area contributed by atoms with Gasteiger partial charge >= 0.3 is 0 Å². The van der Waals surface area contributed by atoms with E-state index in [0.717, 1.165) is 0 Å². The van der Waals surface area contributed by atoms with Crippen LogP contribution < -0.4 is 19.7 Å². The van der Waals surface area contributed by atoms with Crippen LogP contribution in [0.5, 0.6) is 11.5 Å². The Hall–Kier alpha value is -2.24. The zero-order valence-corrected chi connectivity index (χ0v) is 9.80. The number of amides is 2. The number of nitrogens with one attached hydrogen (secondary N) is 1. The summed E-state index contributed by atoms with van der Waals surface area (Å²) in [6, 6.07) is 4.69. The number of nitrogens with zero attached hydrogens (tertiary/aromatic N) is 1. The Balaban J connectivity index is 1.97. The van der Waals surface area contributed by atoms with Crippen LogP contribution in [0.4, 0.5) is 5.69 Å². The predicted octanol–water partition coefficient (Wildman–Crippen LogP) is 0.267. The summed E-state index contributed by atoms with van der Waals surface area (Å²) < 4.78 is 10.5. The molecule has 2 aliphatic rings. The third kappa shape index (κ3) is 1.57. The minimum Gasteiger partial charge on any atom is -0.454 e. The SMILES string of the molecule is CC1C(=O)NCC(=O)N1c1ccc2c(c1)OCO2. The summed E-state index contributed by atoms with van der Waals surface area (Å²) in [5.41, 5.74) is 0.645. The van der Waals surface area contributed by atoms with Gasteiger partial charge in [0.1, 0.15) is 6.04 Å². The molecule has 2 amide bonds. The summed E-state index contributed by atoms with van der Waals surface area (Å²) in [6.45, 7) is 1.90. The van der Waals surface area contributed by atoms with Gasteiger partial charge in [-0.15, -0.1) is 0 Å². The summed E-state index contributed by atoms with van der Waals surface area (Å²) in [5, 5.41) is 2.55. The van der Waals surface area contributed by atoms with E-state index in [1.807, 2.05) is 0 Å². The van der Waals surface area contributed by atoms with Crippen LogP contribution in [0.2, 0.25) is 0 Å². The largest absolute Gasteiger partial charge is 0.454 e. The molecule has 2 aliphatic heterocycles. The molecule has 94 valence electrons. The van der Waals surface area contributed by atoms with Gasteiger partial charge in [0.25, 0.3) is 0 Å². The fourth-order valence-corrected chi connectivity index (χ4v) is 2.13. The van der Waals surface area contributed by atoms with Crippen molar-refractivity contribution in [2.24, 2.45) is 0 Å². The fourth-order valence-electron chi connectivity index (χ4n) is 2.13. The molecule has 1 N–H and O–H groups in total. The second-order valence-electron chi connectivity index (χ2n) is 4.20. The maximum absolute atomic E-state index is 11.9. The molecule has 1 aromatic rings. The number of carbonyl (C=O) groups is 2. The van der Waals surface area contributed by atoms with Crippen molar-refractivity contribution in [1.29, 1.82) is 0 Å². The molecule has 0 spiro atoms. The van der Waals surface area contributed by atoms with Crippen molar-refractivity contribution in [1.82, 2.24) is 5.32 Å². The van der Waals surface area contributed by atoms with E-state index in [1.54, 1.807) is 25.1 Å². The van der Waals surface area contributed by atoms with E-state index in [4.69, 9.17) is 9.47 Å². The van der Waals surface area contributed by atoms with Gasteiger partial charge in [-0.1, -0.05) is 0 Å². The van der Waals surface area contributed by atoms with Crippen molar-refractivity contribution in [3.8, 4) is 11.5 Å². The third-order valence-electron chi connectivity index (χ3n) is 3.08. The van der Waals surface area contributed by atoms with E-state index in [2.05, 4.69) is 5.32 Å². The molecule has 6 heteroatoms. The molecular formula is C12H12N2O4. The number of hydrogen-bond acceptors (Lipinski definition) is 4. The molecule has 1 saturated heterocycles. The molecule has 0 radical (unpaired) electrons. The molecule has 3 rings (SSSR count). The molecule has 0 saturated carbocycles. The van der Waals surface area contributed by atoms with E-state index < -0.39 is 6.04 Å². The van der Waals surface area contributed by atoms with Crippen LogP contribution in [-0.4, -0.2) is 31.2 Å². The first-order chi connectivity index (χ1) is 8.66. The van der Waals surface area contributed by atoms with Crippen LogP contribution in [-0.2, 0) is 9.59 Å². The van der Waals surface area contributed by atoms with Gasteiger partial charge < -0.3 is 14.8 Å². The van der Waals surface area contributed by atoms with Gasteiger partial charge in [0.2, 0.25) is 18.6 Å². The van der Waals surface area contributed by atoms with Crippen molar-refractivity contribution < 1.29 is 19.1 Å². The van der Waals surface area contributed by atoms with E-state index in [0.29, 0.717) is 17.2 Å². The van der Waals surface area contributed by atoms with Gasteiger partial charge in [0.15, 0.2) is 11.5 Å². The van der Waals surface area contributed by atoms with E-state index >= 15 is 0 Å². The maximum Gasteiger partial charge on any atom is 0.247 e. The van der Waals surface area contributed by atoms with E-state index in [1.165, 1.54) is 4.90 Å². The van der Waals surface area contributed by atoms with Crippen LogP contribution >= 0.6 is 0 Å². The molecule has 0 bridgehead atoms. The molecule has 1 atom stereocenters. The van der Waals surface area contributed by atoms with Crippen molar-refractivity contribution in [3.63, 3.8) is 0 Å². The monoisotopic (exact) mass is 248 g/mol. The van der Waals surface area contributed by atoms with Crippen LogP contribution in [0.1, 0.15) is 6.92 Å². The number of piperazine rings is 1. The number of fused-ring (bicyclic) bond motifs is 1. The molecular weight excluding hydrogens is 236 g/mol. The van der Waals surface area contributed by atoms with Gasteiger partial charge in [-0.25, -0.2) is 0 Å². The van der Waals surface area contributed by atoms with E-state index in [-0.39, 0.29) is 25.2 Å². The van der Waals surface area contributed by atoms with Gasteiger partial charge in [0.05, 0.1) is 6.54 Å². The Kier molecular flexibility index (Phi) is 2.36. The molecule has 1 aromatic carbocycles. The van der Waals surface area contributed by atoms with Gasteiger partial charge in [0, 0.05) is 11.8 Å². The molecule has 18 heavy (non-hydrogen) atoms. The number of carbonyl (C=O) groups excluding carboxylic acids is 2. The number of benzene rings is 1. The van der Waals surface area contributed by atoms with Crippen molar-refractivity contribution in [2.75, 3.05) is 18.2 Å². The van der Waals surface area contributed by atoms with Crippen LogP contribution in [0, 0.1) is 0 Å². The summed E-state index contributed by atoms with van der Waals surface area (Å²) in [6.07, 6.45) is 0. The summed E-state index contributed by atoms with van der Waals surface area (Å²) >= 11 is 0. The van der Waals surface area contributed by atoms with E-state index in [9.17, 15) is 9.59 Å². The zero-order valence-electron chi connectivity index (χ0n) is 9.80. The Morgan fingerprint density at radius 1 is 1.28 bits per heavy atom. The number of rotatable bonds is 1. The first-order valence-electron chi connectivity index (χ1n) is 5.66. The lowest BCUT2D eigenvalue weighted by molar-refractivity contribution is -0.130. The highest BCUT2D eigenvalue weighted by atomic mass is 16.7. The lowest BCUT2D eigenvalue weighted by atomic mass is 10.1. The Bertz CT molecular complexity index is 529. The minimum atomic E-state index is -0.522. The smallest absolute Gasteiger partial charge is 0.247 e. The highest BCUT2D eigenvalue weighted by Gasteiger charge is 2.32. The third-order valence-corrected chi connectivity index (χ3v) is 3.08. The molecule has 2 heterocycles. The molecule has 1 unspecified atom stereocenters. The quantitative estimate of drug-likeness (QED) is 0.774. The van der Waals surface area contributed by atoms with Gasteiger partial charge in [-0.3, -0.25) is 14.5 Å². The number of anilines is 1. The summed E-state index contributed by atoms with van der Waals surface area (Å²) in [5.74, 6) is 0.951. The molecule has 1 fully saturated rings. The van der Waals surface area contributed by atoms with Crippen molar-refractivity contribution in [3.05, 3.63) is 18.2 Å². The highest BCUT2D eigenvalue weighted by Crippen LogP contribution is 2.36. The van der Waals surface area contributed by atoms with Crippen molar-refractivity contribution >= 4 is 17.5 Å². The first kappa shape index (κ1) is 10.9. The van der Waals surface area contributed by atoms with Crippen LogP contribution in [0.25, 0.3) is 0 Å². The maximum atomic E-state index is 11.9. The number of hydrogen-bond donors (Lipinski definition) is 1. The summed E-state index contributed by atoms with van der Waals surface area (Å²) in [7, 11) is 0. The zero-order chi connectivity index (χ0) is 12.7. The van der Waals surface area contributed by atoms with Gasteiger partial charge in [-0.2, -0.15) is 0 Å². The second-order valence-corrected chi connectivity index (χ2v) is 4.20. The van der Waals surface area contributed by atoms with Gasteiger partial charge in [-0.05, 0) is 19.1 Å². The Morgan fingerprint density at radius 2 is 2.06 bits per heavy atom. The number of ether oxygens (including phenoxy) is 2. The molecule has 6 nitrogen and oxygen atoms in total. The average molecular weight is 248 g/mol. The van der Waals surface area contributed by atoms with Crippen molar-refractivity contribution in [2.45, 2.75) is 13.0 Å². The Labute approximate surface area is 103 Å². The summed E-state index contributed by atoms with van der Waals surface area (Å²) in [4.78, 5) is 25.0. The topological polar surface area (TPSA) is 67.9 Å². The average Bonchev–Trinajstić information content (AvgIpc) is 2.82. The fraction of sp³-hybridized carbons (Fsp3) is 0.333. The predicted molar refractivity (Wildman–Crippen MR) is 62.5 cm³/mol. The standard InChI is InChI=1S/C12H12N2O4/c1-7-12(16)13-5-11(15)14(7)8-2-3-9-10(4-8)18-6-17-9/h2-4,7H,5-6H2,1H3,(H,13,16). The normalized spacial score (nSPS) is 22.1. The van der Waals surface area contributed by atoms with Crippen LogP contribution in [0.3, 0.4) is 0 Å². The van der Waals surface area contributed by atoms with Crippen LogP contribution in [0.15, 0.2) is 18.2 Å². The minimum absolute atomic E-state index is 0.0254. The highest BCUT2D eigenvalue weighted by molar-refractivity contribution is 6.06. The molecule has 0 aliphatic carbocycles. The first-order valence-corrected chi connectivity index (χ1v) is 5.66. The second kappa shape index (κ2) is 3.90. The lowest BCUT2D eigenvalue weighted by Crippen LogP contribution is -2.57. The Morgan fingerprint density at radius 3 is 2.89 bits per heavy atom. The lowest BCUT2D eigenvalue weighted by Gasteiger charge is -2.32. The molecule has 0 aromatic heterocycles.